The quantitative estimate of drug-likeness (QED) is 0.832. The van der Waals surface area contributed by atoms with E-state index in [2.05, 4.69) is 26.1 Å². The Hall–Kier alpha value is -1.15. The number of rotatable bonds is 3. The maximum Gasteiger partial charge on any atom is 0.243 e. The first-order chi connectivity index (χ1) is 11.7. The minimum Gasteiger partial charge on any atom is -0.340 e. The highest BCUT2D eigenvalue weighted by molar-refractivity contribution is 7.89. The Balaban J connectivity index is 0.00000243. The van der Waals surface area contributed by atoms with Crippen LogP contribution in [0.4, 0.5) is 0 Å². The number of carbonyl (C=O) groups is 1. The smallest absolute Gasteiger partial charge is 0.243 e. The number of halogens is 1. The van der Waals surface area contributed by atoms with Gasteiger partial charge in [0.1, 0.15) is 0 Å². The van der Waals surface area contributed by atoms with Crippen LogP contribution >= 0.6 is 12.4 Å². The Kier molecular flexibility index (Phi) is 6.38. The van der Waals surface area contributed by atoms with Gasteiger partial charge in [0.15, 0.2) is 0 Å². The van der Waals surface area contributed by atoms with Crippen LogP contribution in [0.25, 0.3) is 0 Å². The summed E-state index contributed by atoms with van der Waals surface area (Å²) in [7, 11) is -3.50. The summed E-state index contributed by atoms with van der Waals surface area (Å²) in [6.45, 7) is 9.42. The van der Waals surface area contributed by atoms with Crippen LogP contribution in [0, 0.1) is 5.92 Å². The molecular formula is C18H28ClN3O3S. The normalized spacial score (nSPS) is 19.6. The third kappa shape index (κ3) is 4.22. The number of carbonyl (C=O) groups excluding carboxylic acids is 1. The van der Waals surface area contributed by atoms with Gasteiger partial charge in [0.05, 0.1) is 10.8 Å². The molecule has 2 saturated heterocycles. The molecule has 0 saturated carbocycles. The van der Waals surface area contributed by atoms with E-state index in [0.29, 0.717) is 31.1 Å². The van der Waals surface area contributed by atoms with E-state index >= 15 is 0 Å². The molecule has 1 aromatic rings. The maximum atomic E-state index is 12.8. The molecule has 2 aliphatic heterocycles. The molecule has 1 aromatic carbocycles. The van der Waals surface area contributed by atoms with Crippen LogP contribution in [0.2, 0.25) is 0 Å². The van der Waals surface area contributed by atoms with Gasteiger partial charge < -0.3 is 10.2 Å². The van der Waals surface area contributed by atoms with Crippen LogP contribution in [0.15, 0.2) is 29.2 Å². The number of benzene rings is 1. The van der Waals surface area contributed by atoms with E-state index in [0.717, 1.165) is 18.7 Å². The molecule has 2 aliphatic rings. The molecule has 1 N–H and O–H groups in total. The summed E-state index contributed by atoms with van der Waals surface area (Å²) >= 11 is 0. The van der Waals surface area contributed by atoms with Gasteiger partial charge in [-0.25, -0.2) is 8.42 Å². The van der Waals surface area contributed by atoms with Crippen molar-refractivity contribution < 1.29 is 13.2 Å². The number of piperazine rings is 1. The fraction of sp³-hybridized carbons (Fsp3) is 0.611. The Morgan fingerprint density at radius 1 is 1.04 bits per heavy atom. The van der Waals surface area contributed by atoms with E-state index in [4.69, 9.17) is 0 Å². The third-order valence-electron chi connectivity index (χ3n) is 5.04. The Bertz CT molecular complexity index is 732. The third-order valence-corrected chi connectivity index (χ3v) is 6.95. The molecule has 0 aliphatic carbocycles. The average molecular weight is 402 g/mol. The Morgan fingerprint density at radius 2 is 1.58 bits per heavy atom. The topological polar surface area (TPSA) is 69.7 Å². The molecule has 2 fully saturated rings. The zero-order chi connectivity index (χ0) is 18.2. The van der Waals surface area contributed by atoms with Gasteiger partial charge in [0, 0.05) is 39.3 Å². The second-order valence-electron chi connectivity index (χ2n) is 7.86. The fourth-order valence-electron chi connectivity index (χ4n) is 3.15. The standard InChI is InChI=1S/C18H27N3O3S.ClH/c1-18(2,3)15-4-6-16(7-5-15)25(23,24)21-10-8-20(9-11-21)17(22)14-12-19-13-14;/h4-7,14,19H,8-13H2,1-3H3;1H. The lowest BCUT2D eigenvalue weighted by Gasteiger charge is -2.38. The minimum absolute atomic E-state index is 0. The molecule has 3 rings (SSSR count). The van der Waals surface area contributed by atoms with Crippen LogP contribution < -0.4 is 5.32 Å². The Morgan fingerprint density at radius 3 is 2.00 bits per heavy atom. The largest absolute Gasteiger partial charge is 0.340 e. The van der Waals surface area contributed by atoms with E-state index < -0.39 is 10.0 Å². The number of hydrogen-bond acceptors (Lipinski definition) is 4. The molecule has 2 heterocycles. The minimum atomic E-state index is -3.50. The summed E-state index contributed by atoms with van der Waals surface area (Å²) in [5, 5.41) is 3.10. The van der Waals surface area contributed by atoms with Crippen molar-refractivity contribution in [2.24, 2.45) is 5.92 Å². The fourth-order valence-corrected chi connectivity index (χ4v) is 4.57. The molecule has 1 amide bonds. The van der Waals surface area contributed by atoms with Crippen molar-refractivity contribution in [3.63, 3.8) is 0 Å². The number of nitrogens with one attached hydrogen (secondary N) is 1. The summed E-state index contributed by atoms with van der Waals surface area (Å²) < 4.78 is 27.2. The highest BCUT2D eigenvalue weighted by Crippen LogP contribution is 2.25. The molecule has 8 heteroatoms. The maximum absolute atomic E-state index is 12.8. The lowest BCUT2D eigenvalue weighted by molar-refractivity contribution is -0.138. The first-order valence-electron chi connectivity index (χ1n) is 8.80. The molecule has 26 heavy (non-hydrogen) atoms. The summed E-state index contributed by atoms with van der Waals surface area (Å²) in [6.07, 6.45) is 0. The van der Waals surface area contributed by atoms with Gasteiger partial charge in [0.25, 0.3) is 0 Å². The molecule has 146 valence electrons. The van der Waals surface area contributed by atoms with Gasteiger partial charge in [-0.15, -0.1) is 12.4 Å². The lowest BCUT2D eigenvalue weighted by Crippen LogP contribution is -2.57. The highest BCUT2D eigenvalue weighted by Gasteiger charge is 2.34. The van der Waals surface area contributed by atoms with Crippen molar-refractivity contribution >= 4 is 28.3 Å². The molecule has 6 nitrogen and oxygen atoms in total. The first kappa shape index (κ1) is 21.2. The molecule has 0 unspecified atom stereocenters. The van der Waals surface area contributed by atoms with Gasteiger partial charge in [-0.3, -0.25) is 4.79 Å². The Labute approximate surface area is 162 Å². The lowest BCUT2D eigenvalue weighted by atomic mass is 9.87. The second-order valence-corrected chi connectivity index (χ2v) is 9.80. The monoisotopic (exact) mass is 401 g/mol. The summed E-state index contributed by atoms with van der Waals surface area (Å²) in [5.41, 5.74) is 1.10. The zero-order valence-electron chi connectivity index (χ0n) is 15.6. The van der Waals surface area contributed by atoms with Crippen LogP contribution in [-0.4, -0.2) is 62.8 Å². The van der Waals surface area contributed by atoms with Crippen molar-refractivity contribution in [2.75, 3.05) is 39.3 Å². The van der Waals surface area contributed by atoms with Crippen molar-refractivity contribution in [3.8, 4) is 0 Å². The predicted octanol–water partition coefficient (Wildman–Crippen LogP) is 1.46. The summed E-state index contributed by atoms with van der Waals surface area (Å²) in [6, 6.07) is 7.15. The summed E-state index contributed by atoms with van der Waals surface area (Å²) in [5.74, 6) is 0.207. The number of hydrogen-bond donors (Lipinski definition) is 1. The van der Waals surface area contributed by atoms with Crippen LogP contribution in [0.3, 0.4) is 0 Å². The second kappa shape index (κ2) is 7.84. The zero-order valence-corrected chi connectivity index (χ0v) is 17.2. The predicted molar refractivity (Wildman–Crippen MR) is 104 cm³/mol. The van der Waals surface area contributed by atoms with E-state index in [1.54, 1.807) is 17.0 Å². The van der Waals surface area contributed by atoms with Gasteiger partial charge in [0.2, 0.25) is 15.9 Å². The van der Waals surface area contributed by atoms with Crippen molar-refractivity contribution in [2.45, 2.75) is 31.1 Å². The number of nitrogens with zero attached hydrogens (tertiary/aromatic N) is 2. The van der Waals surface area contributed by atoms with Crippen LogP contribution in [-0.2, 0) is 20.2 Å². The van der Waals surface area contributed by atoms with Gasteiger partial charge in [-0.2, -0.15) is 4.31 Å². The number of sulfonamides is 1. The van der Waals surface area contributed by atoms with Crippen LogP contribution in [0.5, 0.6) is 0 Å². The molecule has 0 spiro atoms. The van der Waals surface area contributed by atoms with Gasteiger partial charge >= 0.3 is 0 Å². The van der Waals surface area contributed by atoms with Gasteiger partial charge in [-0.05, 0) is 23.1 Å². The highest BCUT2D eigenvalue weighted by atomic mass is 35.5. The number of amides is 1. The van der Waals surface area contributed by atoms with Crippen molar-refractivity contribution in [1.82, 2.24) is 14.5 Å². The van der Waals surface area contributed by atoms with Gasteiger partial charge in [-0.1, -0.05) is 32.9 Å². The van der Waals surface area contributed by atoms with Crippen LogP contribution in [0.1, 0.15) is 26.3 Å². The SMILES string of the molecule is CC(C)(C)c1ccc(S(=O)(=O)N2CCN(C(=O)C3CNC3)CC2)cc1.Cl. The van der Waals surface area contributed by atoms with E-state index in [9.17, 15) is 13.2 Å². The van der Waals surface area contributed by atoms with Crippen molar-refractivity contribution in [1.29, 1.82) is 0 Å². The van der Waals surface area contributed by atoms with E-state index in [-0.39, 0.29) is 29.6 Å². The molecular weight excluding hydrogens is 374 g/mol. The molecule has 0 radical (unpaired) electrons. The molecule has 0 bridgehead atoms. The molecule has 0 aromatic heterocycles. The van der Waals surface area contributed by atoms with E-state index in [1.807, 2.05) is 12.1 Å². The van der Waals surface area contributed by atoms with E-state index in [1.165, 1.54) is 4.31 Å². The average Bonchev–Trinajstić information content (AvgIpc) is 2.52. The van der Waals surface area contributed by atoms with Crippen molar-refractivity contribution in [3.05, 3.63) is 29.8 Å². The molecule has 0 atom stereocenters. The first-order valence-corrected chi connectivity index (χ1v) is 10.2. The summed E-state index contributed by atoms with van der Waals surface area (Å²) in [4.78, 5) is 14.4.